The fourth-order valence-electron chi connectivity index (χ4n) is 3.37. The molecular weight excluding hydrogens is 412 g/mol. The van der Waals surface area contributed by atoms with Crippen LogP contribution in [-0.4, -0.2) is 73.8 Å². The molecule has 0 spiro atoms. The molecule has 2 heterocycles. The second-order valence-corrected chi connectivity index (χ2v) is 8.58. The number of aliphatic imine (C=N–C) groups is 1. The zero-order valence-electron chi connectivity index (χ0n) is 18.5. The van der Waals surface area contributed by atoms with Gasteiger partial charge in [-0.2, -0.15) is 0 Å². The van der Waals surface area contributed by atoms with Gasteiger partial charge < -0.3 is 24.3 Å². The molecule has 2 aromatic rings. The molecule has 1 amide bonds. The number of ether oxygens (including phenoxy) is 1. The number of carbonyl (C=O) groups is 1. The molecule has 168 valence electrons. The van der Waals surface area contributed by atoms with E-state index in [9.17, 15) is 4.79 Å². The number of nitrogens with one attached hydrogen (secondary N) is 1. The average Bonchev–Trinajstić information content (AvgIpc) is 3.35. The van der Waals surface area contributed by atoms with Crippen LogP contribution in [0.15, 0.2) is 57.0 Å². The molecule has 0 radical (unpaired) electrons. The largest absolute Gasteiger partial charge is 0.496 e. The van der Waals surface area contributed by atoms with Crippen LogP contribution in [0.3, 0.4) is 0 Å². The summed E-state index contributed by atoms with van der Waals surface area (Å²) in [6.07, 6.45) is 1.53. The van der Waals surface area contributed by atoms with E-state index in [1.165, 1.54) is 6.26 Å². The van der Waals surface area contributed by atoms with Crippen molar-refractivity contribution in [2.24, 2.45) is 10.9 Å². The number of para-hydroxylation sites is 1. The number of amides is 1. The van der Waals surface area contributed by atoms with Crippen molar-refractivity contribution in [1.82, 2.24) is 15.1 Å². The Morgan fingerprint density at radius 2 is 1.94 bits per heavy atom. The summed E-state index contributed by atoms with van der Waals surface area (Å²) in [5, 5.41) is 3.40. The Kier molecular flexibility index (Phi) is 8.70. The normalized spacial score (nSPS) is 15.6. The number of guanidine groups is 1. The van der Waals surface area contributed by atoms with Gasteiger partial charge in [0.2, 0.25) is 0 Å². The number of methoxy groups -OCH3 is 1. The minimum atomic E-state index is -0.0476. The lowest BCUT2D eigenvalue weighted by atomic mass is 10.2. The van der Waals surface area contributed by atoms with Crippen molar-refractivity contribution in [2.45, 2.75) is 18.7 Å². The zero-order valence-corrected chi connectivity index (χ0v) is 19.4. The van der Waals surface area contributed by atoms with Gasteiger partial charge in [0.1, 0.15) is 5.75 Å². The third kappa shape index (κ3) is 6.43. The average molecular weight is 445 g/mol. The summed E-state index contributed by atoms with van der Waals surface area (Å²) in [5.41, 5.74) is 0. The first kappa shape index (κ1) is 23.1. The molecule has 0 aliphatic carbocycles. The van der Waals surface area contributed by atoms with Crippen LogP contribution in [0.5, 0.6) is 5.75 Å². The predicted octanol–water partition coefficient (Wildman–Crippen LogP) is 3.44. The molecule has 1 unspecified atom stereocenters. The maximum Gasteiger partial charge on any atom is 0.289 e. The maximum atomic E-state index is 12.5. The minimum Gasteiger partial charge on any atom is -0.496 e. The third-order valence-corrected chi connectivity index (χ3v) is 6.46. The topological polar surface area (TPSA) is 70.3 Å². The fraction of sp³-hybridized carbons (Fsp3) is 0.478. The van der Waals surface area contributed by atoms with E-state index in [0.29, 0.717) is 24.8 Å². The monoisotopic (exact) mass is 444 g/mol. The summed E-state index contributed by atoms with van der Waals surface area (Å²) < 4.78 is 10.7. The molecule has 1 N–H and O–H groups in total. The Bertz CT molecular complexity index is 848. The van der Waals surface area contributed by atoms with Gasteiger partial charge in [0.15, 0.2) is 11.7 Å². The van der Waals surface area contributed by atoms with E-state index in [1.807, 2.05) is 23.1 Å². The summed E-state index contributed by atoms with van der Waals surface area (Å²) in [4.78, 5) is 22.6. The van der Waals surface area contributed by atoms with Gasteiger partial charge in [-0.05, 0) is 37.1 Å². The molecule has 1 fully saturated rings. The van der Waals surface area contributed by atoms with Gasteiger partial charge in [-0.3, -0.25) is 9.79 Å². The molecule has 7 nitrogen and oxygen atoms in total. The van der Waals surface area contributed by atoms with Crippen LogP contribution in [-0.2, 0) is 0 Å². The van der Waals surface area contributed by atoms with E-state index in [4.69, 9.17) is 14.1 Å². The highest BCUT2D eigenvalue weighted by Gasteiger charge is 2.25. The summed E-state index contributed by atoms with van der Waals surface area (Å²) >= 11 is 1.80. The number of carbonyl (C=O) groups excluding carboxylic acids is 1. The highest BCUT2D eigenvalue weighted by molar-refractivity contribution is 7.99. The molecule has 1 aromatic heterocycles. The van der Waals surface area contributed by atoms with Gasteiger partial charge in [-0.25, -0.2) is 0 Å². The first-order valence-corrected chi connectivity index (χ1v) is 11.7. The van der Waals surface area contributed by atoms with Gasteiger partial charge in [-0.1, -0.05) is 19.1 Å². The molecule has 1 saturated heterocycles. The molecule has 3 rings (SSSR count). The molecule has 8 heteroatoms. The minimum absolute atomic E-state index is 0.0476. The molecule has 0 saturated carbocycles. The second-order valence-electron chi connectivity index (χ2n) is 7.52. The summed E-state index contributed by atoms with van der Waals surface area (Å²) in [6, 6.07) is 11.6. The highest BCUT2D eigenvalue weighted by atomic mass is 32.2. The Hall–Kier alpha value is -2.61. The SMILES string of the molecule is CCNC(=NCC(C)CSc1ccccc1OC)N1CCN(C(=O)c2ccco2)CC1. The van der Waals surface area contributed by atoms with Crippen LogP contribution >= 0.6 is 11.8 Å². The van der Waals surface area contributed by atoms with Crippen molar-refractivity contribution in [3.05, 3.63) is 48.4 Å². The molecule has 1 aliphatic rings. The number of hydrogen-bond acceptors (Lipinski definition) is 5. The number of nitrogens with zero attached hydrogens (tertiary/aromatic N) is 3. The van der Waals surface area contributed by atoms with E-state index in [1.54, 1.807) is 31.0 Å². The van der Waals surface area contributed by atoms with Crippen LogP contribution in [0.4, 0.5) is 0 Å². The van der Waals surface area contributed by atoms with Crippen LogP contribution in [0.1, 0.15) is 24.4 Å². The Morgan fingerprint density at radius 1 is 1.19 bits per heavy atom. The lowest BCUT2D eigenvalue weighted by Crippen LogP contribution is -2.53. The Balaban J connectivity index is 1.51. The van der Waals surface area contributed by atoms with Crippen LogP contribution in [0.2, 0.25) is 0 Å². The standard InChI is InChI=1S/C23H32N4O3S/c1-4-24-23(25-16-18(2)17-31-21-10-6-5-8-19(21)29-3)27-13-11-26(12-14-27)22(28)20-9-7-15-30-20/h5-10,15,18H,4,11-14,16-17H2,1-3H3,(H,24,25). The molecule has 1 atom stereocenters. The van der Waals surface area contributed by atoms with Crippen molar-refractivity contribution >= 4 is 23.6 Å². The van der Waals surface area contributed by atoms with Gasteiger partial charge in [0.25, 0.3) is 5.91 Å². The van der Waals surface area contributed by atoms with Gasteiger partial charge in [-0.15, -0.1) is 11.8 Å². The van der Waals surface area contributed by atoms with Crippen LogP contribution in [0.25, 0.3) is 0 Å². The number of hydrogen-bond donors (Lipinski definition) is 1. The van der Waals surface area contributed by atoms with Crippen LogP contribution in [0, 0.1) is 5.92 Å². The molecule has 1 aliphatic heterocycles. The highest BCUT2D eigenvalue weighted by Crippen LogP contribution is 2.30. The second kappa shape index (κ2) is 11.7. The summed E-state index contributed by atoms with van der Waals surface area (Å²) in [7, 11) is 1.71. The number of piperazine rings is 1. The molecule has 31 heavy (non-hydrogen) atoms. The quantitative estimate of drug-likeness (QED) is 0.382. The van der Waals surface area contributed by atoms with Gasteiger partial charge in [0, 0.05) is 49.9 Å². The first-order chi connectivity index (χ1) is 15.1. The van der Waals surface area contributed by atoms with E-state index >= 15 is 0 Å². The summed E-state index contributed by atoms with van der Waals surface area (Å²) in [5.74, 6) is 3.57. The van der Waals surface area contributed by atoms with Crippen molar-refractivity contribution in [3.63, 3.8) is 0 Å². The Morgan fingerprint density at radius 3 is 2.61 bits per heavy atom. The lowest BCUT2D eigenvalue weighted by molar-refractivity contribution is 0.0657. The number of thioether (sulfide) groups is 1. The fourth-order valence-corrected chi connectivity index (χ4v) is 4.41. The number of furan rings is 1. The Labute approximate surface area is 188 Å². The van der Waals surface area contributed by atoms with Crippen molar-refractivity contribution in [3.8, 4) is 5.75 Å². The van der Waals surface area contributed by atoms with Crippen molar-refractivity contribution in [1.29, 1.82) is 0 Å². The van der Waals surface area contributed by atoms with Crippen molar-refractivity contribution < 1.29 is 13.9 Å². The maximum absolute atomic E-state index is 12.5. The van der Waals surface area contributed by atoms with E-state index in [-0.39, 0.29) is 5.91 Å². The zero-order chi connectivity index (χ0) is 22.1. The predicted molar refractivity (Wildman–Crippen MR) is 125 cm³/mol. The summed E-state index contributed by atoms with van der Waals surface area (Å²) in [6.45, 7) is 8.67. The van der Waals surface area contributed by atoms with Gasteiger partial charge >= 0.3 is 0 Å². The first-order valence-electron chi connectivity index (χ1n) is 10.7. The van der Waals surface area contributed by atoms with Crippen LogP contribution < -0.4 is 10.1 Å². The molecular formula is C23H32N4O3S. The molecule has 0 bridgehead atoms. The number of benzene rings is 1. The van der Waals surface area contributed by atoms with E-state index < -0.39 is 0 Å². The van der Waals surface area contributed by atoms with Gasteiger partial charge in [0.05, 0.1) is 13.4 Å². The lowest BCUT2D eigenvalue weighted by Gasteiger charge is -2.36. The van der Waals surface area contributed by atoms with E-state index in [2.05, 4.69) is 30.1 Å². The number of rotatable bonds is 8. The third-order valence-electron chi connectivity index (χ3n) is 5.08. The smallest absolute Gasteiger partial charge is 0.289 e. The van der Waals surface area contributed by atoms with E-state index in [0.717, 1.165) is 48.5 Å². The van der Waals surface area contributed by atoms with Crippen molar-refractivity contribution in [2.75, 3.05) is 52.1 Å². The molecule has 1 aromatic carbocycles.